The van der Waals surface area contributed by atoms with Gasteiger partial charge in [0.2, 0.25) is 0 Å². The van der Waals surface area contributed by atoms with E-state index in [-0.39, 0.29) is 11.5 Å². The molecular weight excluding hydrogens is 324 g/mol. The number of fused-ring (bicyclic) bond motifs is 1. The van der Waals surface area contributed by atoms with Crippen molar-refractivity contribution in [1.82, 2.24) is 0 Å². The van der Waals surface area contributed by atoms with Crippen molar-refractivity contribution in [1.29, 1.82) is 0 Å². The van der Waals surface area contributed by atoms with Gasteiger partial charge >= 0.3 is 17.9 Å². The van der Waals surface area contributed by atoms with Crippen molar-refractivity contribution < 1.29 is 29.7 Å². The minimum absolute atomic E-state index is 0.0289. The molecule has 0 aromatic heterocycles. The van der Waals surface area contributed by atoms with Gasteiger partial charge in [-0.15, -0.1) is 0 Å². The number of hydrogen-bond acceptors (Lipinski definition) is 3. The first kappa shape index (κ1) is 18.7. The van der Waals surface area contributed by atoms with Gasteiger partial charge in [0.1, 0.15) is 0 Å². The molecule has 0 amide bonds. The molecule has 2 aliphatic rings. The van der Waals surface area contributed by atoms with Crippen LogP contribution in [0.2, 0.25) is 0 Å². The Labute approximate surface area is 145 Å². The van der Waals surface area contributed by atoms with Gasteiger partial charge in [-0.05, 0) is 55.0 Å². The fourth-order valence-electron chi connectivity index (χ4n) is 3.14. The van der Waals surface area contributed by atoms with Crippen LogP contribution in [0, 0.1) is 5.92 Å². The summed E-state index contributed by atoms with van der Waals surface area (Å²) in [7, 11) is 0. The lowest BCUT2D eigenvalue weighted by Gasteiger charge is -2.16. The molecule has 25 heavy (non-hydrogen) atoms. The van der Waals surface area contributed by atoms with Gasteiger partial charge in [-0.25, -0.2) is 9.59 Å². The zero-order valence-electron chi connectivity index (χ0n) is 13.9. The number of aromatic carboxylic acids is 1. The summed E-state index contributed by atoms with van der Waals surface area (Å²) < 4.78 is 0. The van der Waals surface area contributed by atoms with Crippen LogP contribution in [0.5, 0.6) is 0 Å². The molecule has 6 nitrogen and oxygen atoms in total. The fourth-order valence-corrected chi connectivity index (χ4v) is 3.14. The SMILES string of the molecule is O=C(O)C1=Cc2ccc(C(=O)O)cc2CC1.O=C(O)C1CCCCC1. The first-order valence-electron chi connectivity index (χ1n) is 8.41. The summed E-state index contributed by atoms with van der Waals surface area (Å²) in [4.78, 5) is 31.9. The van der Waals surface area contributed by atoms with Gasteiger partial charge in [-0.1, -0.05) is 25.3 Å². The maximum atomic E-state index is 10.8. The molecule has 134 valence electrons. The van der Waals surface area contributed by atoms with Crippen LogP contribution in [0.1, 0.15) is 60.0 Å². The monoisotopic (exact) mass is 346 g/mol. The van der Waals surface area contributed by atoms with Crippen LogP contribution in [0.3, 0.4) is 0 Å². The van der Waals surface area contributed by atoms with E-state index in [4.69, 9.17) is 15.3 Å². The van der Waals surface area contributed by atoms with Crippen LogP contribution in [0.4, 0.5) is 0 Å². The van der Waals surface area contributed by atoms with Gasteiger partial charge in [0.25, 0.3) is 0 Å². The van der Waals surface area contributed by atoms with Gasteiger partial charge in [0.05, 0.1) is 11.5 Å². The van der Waals surface area contributed by atoms with Crippen LogP contribution in [0.15, 0.2) is 23.8 Å². The Bertz CT molecular complexity index is 698. The number of carbonyl (C=O) groups is 3. The van der Waals surface area contributed by atoms with Gasteiger partial charge in [0.15, 0.2) is 0 Å². The molecule has 1 saturated carbocycles. The molecule has 1 aromatic carbocycles. The third-order valence-electron chi connectivity index (χ3n) is 4.61. The second kappa shape index (κ2) is 8.46. The lowest BCUT2D eigenvalue weighted by atomic mass is 9.90. The normalized spacial score (nSPS) is 16.7. The van der Waals surface area contributed by atoms with E-state index >= 15 is 0 Å². The van der Waals surface area contributed by atoms with E-state index in [9.17, 15) is 14.4 Å². The zero-order chi connectivity index (χ0) is 18.4. The highest BCUT2D eigenvalue weighted by atomic mass is 16.4. The van der Waals surface area contributed by atoms with Crippen LogP contribution >= 0.6 is 0 Å². The van der Waals surface area contributed by atoms with Gasteiger partial charge in [-0.2, -0.15) is 0 Å². The van der Waals surface area contributed by atoms with Crippen molar-refractivity contribution in [3.8, 4) is 0 Å². The maximum Gasteiger partial charge on any atom is 0.335 e. The summed E-state index contributed by atoms with van der Waals surface area (Å²) in [5.41, 5.74) is 2.31. The number of aliphatic carboxylic acids is 2. The minimum atomic E-state index is -0.962. The van der Waals surface area contributed by atoms with Crippen LogP contribution in [-0.2, 0) is 16.0 Å². The molecule has 1 aromatic rings. The molecule has 6 heteroatoms. The smallest absolute Gasteiger partial charge is 0.335 e. The van der Waals surface area contributed by atoms with Crippen molar-refractivity contribution in [3.05, 3.63) is 40.5 Å². The third-order valence-corrected chi connectivity index (χ3v) is 4.61. The third kappa shape index (κ3) is 5.17. The second-order valence-corrected chi connectivity index (χ2v) is 6.37. The molecule has 0 heterocycles. The Kier molecular flexibility index (Phi) is 6.33. The average Bonchev–Trinajstić information content (AvgIpc) is 2.62. The van der Waals surface area contributed by atoms with E-state index in [1.54, 1.807) is 18.2 Å². The van der Waals surface area contributed by atoms with E-state index in [2.05, 4.69) is 0 Å². The van der Waals surface area contributed by atoms with Crippen molar-refractivity contribution >= 4 is 24.0 Å². The molecule has 0 unspecified atom stereocenters. The topological polar surface area (TPSA) is 112 Å². The molecule has 0 aliphatic heterocycles. The fraction of sp³-hybridized carbons (Fsp3) is 0.421. The summed E-state index contributed by atoms with van der Waals surface area (Å²) in [5, 5.41) is 26.2. The molecule has 0 bridgehead atoms. The largest absolute Gasteiger partial charge is 0.481 e. The Morgan fingerprint density at radius 3 is 2.08 bits per heavy atom. The zero-order valence-corrected chi connectivity index (χ0v) is 13.9. The molecule has 3 N–H and O–H groups in total. The van der Waals surface area contributed by atoms with Crippen LogP contribution < -0.4 is 0 Å². The van der Waals surface area contributed by atoms with Gasteiger partial charge in [-0.3, -0.25) is 4.79 Å². The summed E-state index contributed by atoms with van der Waals surface area (Å²) in [6.45, 7) is 0. The summed E-state index contributed by atoms with van der Waals surface area (Å²) in [6, 6.07) is 4.75. The molecule has 0 saturated heterocycles. The Morgan fingerprint density at radius 1 is 0.880 bits per heavy atom. The maximum absolute atomic E-state index is 10.8. The Balaban J connectivity index is 0.000000212. The number of hydrogen-bond donors (Lipinski definition) is 3. The molecule has 0 radical (unpaired) electrons. The molecule has 1 fully saturated rings. The quantitative estimate of drug-likeness (QED) is 0.773. The van der Waals surface area contributed by atoms with E-state index in [1.807, 2.05) is 0 Å². The minimum Gasteiger partial charge on any atom is -0.481 e. The van der Waals surface area contributed by atoms with Gasteiger partial charge in [0, 0.05) is 5.57 Å². The number of benzene rings is 1. The molecule has 0 spiro atoms. The second-order valence-electron chi connectivity index (χ2n) is 6.37. The molecule has 0 atom stereocenters. The number of aryl methyl sites for hydroxylation is 1. The lowest BCUT2D eigenvalue weighted by Crippen LogP contribution is -2.16. The summed E-state index contributed by atoms with van der Waals surface area (Å²) in [5.74, 6) is -2.50. The first-order valence-corrected chi connectivity index (χ1v) is 8.41. The van der Waals surface area contributed by atoms with Crippen LogP contribution in [-0.4, -0.2) is 33.2 Å². The number of rotatable bonds is 3. The molecular formula is C19H22O6. The highest BCUT2D eigenvalue weighted by Gasteiger charge is 2.19. The van der Waals surface area contributed by atoms with Crippen LogP contribution in [0.25, 0.3) is 6.08 Å². The van der Waals surface area contributed by atoms with Gasteiger partial charge < -0.3 is 15.3 Å². The first-order chi connectivity index (χ1) is 11.9. The Hall–Kier alpha value is -2.63. The number of carboxylic acids is 3. The molecule has 2 aliphatic carbocycles. The highest BCUT2D eigenvalue weighted by Crippen LogP contribution is 2.25. The predicted octanol–water partition coefficient (Wildman–Crippen LogP) is 3.45. The summed E-state index contributed by atoms with van der Waals surface area (Å²) >= 11 is 0. The van der Waals surface area contributed by atoms with Crippen molar-refractivity contribution in [2.24, 2.45) is 5.92 Å². The van der Waals surface area contributed by atoms with E-state index in [0.29, 0.717) is 18.4 Å². The summed E-state index contributed by atoms with van der Waals surface area (Å²) in [6.07, 6.45) is 7.87. The standard InChI is InChI=1S/C12H10O4.C7H12O2/c13-11(14)9-3-1-7-5-10(12(15)16)4-2-8(7)6-9;8-7(9)6-4-2-1-3-5-6/h1,3,5-6H,2,4H2,(H,13,14)(H,15,16);6H,1-5H2,(H,8,9). The van der Waals surface area contributed by atoms with E-state index < -0.39 is 17.9 Å². The highest BCUT2D eigenvalue weighted by molar-refractivity contribution is 5.94. The molecule has 3 rings (SSSR count). The van der Waals surface area contributed by atoms with E-state index in [1.165, 1.54) is 12.5 Å². The lowest BCUT2D eigenvalue weighted by molar-refractivity contribution is -0.142. The van der Waals surface area contributed by atoms with Crippen molar-refractivity contribution in [2.75, 3.05) is 0 Å². The van der Waals surface area contributed by atoms with Crippen molar-refractivity contribution in [2.45, 2.75) is 44.9 Å². The number of carboxylic acid groups (broad SMARTS) is 3. The van der Waals surface area contributed by atoms with E-state index in [0.717, 1.165) is 36.8 Å². The van der Waals surface area contributed by atoms with Crippen molar-refractivity contribution in [3.63, 3.8) is 0 Å². The Morgan fingerprint density at radius 2 is 1.56 bits per heavy atom. The average molecular weight is 346 g/mol. The predicted molar refractivity (Wildman–Crippen MR) is 91.5 cm³/mol.